The van der Waals surface area contributed by atoms with E-state index >= 15 is 0 Å². The van der Waals surface area contributed by atoms with E-state index < -0.39 is 0 Å². The van der Waals surface area contributed by atoms with Crippen molar-refractivity contribution in [2.75, 3.05) is 25.0 Å². The van der Waals surface area contributed by atoms with Gasteiger partial charge in [-0.05, 0) is 18.6 Å². The van der Waals surface area contributed by atoms with E-state index in [-0.39, 0.29) is 6.09 Å². The number of hydrogen-bond acceptors (Lipinski definition) is 4. The molecule has 5 nitrogen and oxygen atoms in total. The molecule has 1 N–H and O–H groups in total. The van der Waals surface area contributed by atoms with Crippen LogP contribution < -0.4 is 5.32 Å². The number of nitrogens with zero attached hydrogens (tertiary/aromatic N) is 2. The highest BCUT2D eigenvalue weighted by atomic mass is 16.6. The maximum absolute atomic E-state index is 11.6. The number of anilines is 1. The highest BCUT2D eigenvalue weighted by Crippen LogP contribution is 2.23. The number of ether oxygens (including phenoxy) is 1. The van der Waals surface area contributed by atoms with Crippen molar-refractivity contribution >= 4 is 22.8 Å². The van der Waals surface area contributed by atoms with Gasteiger partial charge in [-0.1, -0.05) is 25.1 Å². The van der Waals surface area contributed by atoms with Crippen LogP contribution in [0.3, 0.4) is 0 Å². The van der Waals surface area contributed by atoms with E-state index in [0.29, 0.717) is 19.7 Å². The molecule has 0 atom stereocenters. The number of carbonyl (C=O) groups excluding carboxylic acids is 1. The number of carbonyl (C=O) groups is 1. The van der Waals surface area contributed by atoms with Gasteiger partial charge < -0.3 is 15.0 Å². The molecule has 1 aliphatic heterocycles. The Morgan fingerprint density at radius 3 is 3.00 bits per heavy atom. The molecule has 1 aromatic heterocycles. The number of nitrogens with one attached hydrogen (secondary N) is 1. The first-order valence-corrected chi connectivity index (χ1v) is 7.32. The molecule has 0 radical (unpaired) electrons. The molecule has 1 fully saturated rings. The highest BCUT2D eigenvalue weighted by Gasteiger charge is 2.23. The standard InChI is InChI=1S/C16H19N3O2/c1-2-7-17-15-13(11-19-8-9-21-16(19)20)10-12-5-3-4-6-14(12)18-15/h3-6,10H,2,7-9,11H2,1H3,(H,17,18). The van der Waals surface area contributed by atoms with Gasteiger partial charge in [0.1, 0.15) is 12.4 Å². The first-order chi connectivity index (χ1) is 10.3. The molecule has 3 rings (SSSR count). The molecular formula is C16H19N3O2. The van der Waals surface area contributed by atoms with Crippen molar-refractivity contribution in [1.29, 1.82) is 0 Å². The Bertz CT molecular complexity index is 657. The maximum Gasteiger partial charge on any atom is 0.410 e. The molecule has 110 valence electrons. The highest BCUT2D eigenvalue weighted by molar-refractivity contribution is 5.82. The minimum Gasteiger partial charge on any atom is -0.448 e. The molecule has 2 aromatic rings. The number of amides is 1. The van der Waals surface area contributed by atoms with Gasteiger partial charge in [0.2, 0.25) is 0 Å². The molecule has 5 heteroatoms. The molecule has 21 heavy (non-hydrogen) atoms. The average molecular weight is 285 g/mol. The molecule has 0 bridgehead atoms. The summed E-state index contributed by atoms with van der Waals surface area (Å²) in [4.78, 5) is 18.0. The molecular weight excluding hydrogens is 266 g/mol. The number of rotatable bonds is 5. The third-order valence-corrected chi connectivity index (χ3v) is 3.55. The van der Waals surface area contributed by atoms with Crippen LogP contribution in [-0.2, 0) is 11.3 Å². The van der Waals surface area contributed by atoms with Crippen LogP contribution in [0.4, 0.5) is 10.6 Å². The van der Waals surface area contributed by atoms with Crippen LogP contribution >= 0.6 is 0 Å². The number of fused-ring (bicyclic) bond motifs is 1. The zero-order valence-corrected chi connectivity index (χ0v) is 12.1. The fourth-order valence-electron chi connectivity index (χ4n) is 2.45. The van der Waals surface area contributed by atoms with Gasteiger partial charge in [-0.3, -0.25) is 0 Å². The van der Waals surface area contributed by atoms with Crippen molar-refractivity contribution < 1.29 is 9.53 Å². The lowest BCUT2D eigenvalue weighted by Gasteiger charge is -2.17. The van der Waals surface area contributed by atoms with Crippen LogP contribution in [0.15, 0.2) is 30.3 Å². The Morgan fingerprint density at radius 1 is 1.38 bits per heavy atom. The molecule has 0 aliphatic carbocycles. The quantitative estimate of drug-likeness (QED) is 0.917. The predicted octanol–water partition coefficient (Wildman–Crippen LogP) is 3.01. The third kappa shape index (κ3) is 2.91. The largest absolute Gasteiger partial charge is 0.448 e. The summed E-state index contributed by atoms with van der Waals surface area (Å²) in [6.07, 6.45) is 0.782. The normalized spacial score (nSPS) is 14.5. The zero-order valence-electron chi connectivity index (χ0n) is 12.1. The van der Waals surface area contributed by atoms with Crippen LogP contribution in [0.25, 0.3) is 10.9 Å². The van der Waals surface area contributed by atoms with E-state index in [2.05, 4.69) is 23.3 Å². The second kappa shape index (κ2) is 5.99. The summed E-state index contributed by atoms with van der Waals surface area (Å²) in [5.41, 5.74) is 1.99. The Balaban J connectivity index is 1.94. The third-order valence-electron chi connectivity index (χ3n) is 3.55. The fourth-order valence-corrected chi connectivity index (χ4v) is 2.45. The van der Waals surface area contributed by atoms with Crippen molar-refractivity contribution in [3.8, 4) is 0 Å². The van der Waals surface area contributed by atoms with Crippen LogP contribution in [0.5, 0.6) is 0 Å². The molecule has 0 spiro atoms. The van der Waals surface area contributed by atoms with E-state index in [4.69, 9.17) is 4.74 Å². The monoisotopic (exact) mass is 285 g/mol. The van der Waals surface area contributed by atoms with Crippen molar-refractivity contribution in [2.45, 2.75) is 19.9 Å². The second-order valence-corrected chi connectivity index (χ2v) is 5.15. The van der Waals surface area contributed by atoms with Crippen molar-refractivity contribution in [3.63, 3.8) is 0 Å². The summed E-state index contributed by atoms with van der Waals surface area (Å²) in [7, 11) is 0. The SMILES string of the molecule is CCCNc1nc2ccccc2cc1CN1CCOC1=O. The summed E-state index contributed by atoms with van der Waals surface area (Å²) in [6, 6.07) is 10.1. The average Bonchev–Trinajstić information content (AvgIpc) is 2.90. The zero-order chi connectivity index (χ0) is 14.7. The van der Waals surface area contributed by atoms with Gasteiger partial charge in [-0.25, -0.2) is 9.78 Å². The lowest BCUT2D eigenvalue weighted by Crippen LogP contribution is -2.24. The van der Waals surface area contributed by atoms with Crippen molar-refractivity contribution in [2.24, 2.45) is 0 Å². The van der Waals surface area contributed by atoms with E-state index in [1.54, 1.807) is 4.90 Å². The van der Waals surface area contributed by atoms with Gasteiger partial charge >= 0.3 is 6.09 Å². The van der Waals surface area contributed by atoms with Gasteiger partial charge in [0, 0.05) is 17.5 Å². The molecule has 1 saturated heterocycles. The molecule has 2 heterocycles. The topological polar surface area (TPSA) is 54.5 Å². The molecule has 1 aliphatic rings. The van der Waals surface area contributed by atoms with Crippen molar-refractivity contribution in [3.05, 3.63) is 35.9 Å². The first kappa shape index (κ1) is 13.7. The Labute approximate surface area is 123 Å². The van der Waals surface area contributed by atoms with E-state index in [1.165, 1.54) is 0 Å². The summed E-state index contributed by atoms with van der Waals surface area (Å²) in [6.45, 7) is 4.62. The Kier molecular flexibility index (Phi) is 3.90. The first-order valence-electron chi connectivity index (χ1n) is 7.32. The lowest BCUT2D eigenvalue weighted by atomic mass is 10.1. The molecule has 0 unspecified atom stereocenters. The Hall–Kier alpha value is -2.30. The summed E-state index contributed by atoms with van der Waals surface area (Å²) >= 11 is 0. The molecule has 0 saturated carbocycles. The smallest absolute Gasteiger partial charge is 0.410 e. The van der Waals surface area contributed by atoms with E-state index in [1.807, 2.05) is 24.3 Å². The summed E-state index contributed by atoms with van der Waals surface area (Å²) in [5.74, 6) is 0.857. The van der Waals surface area contributed by atoms with Gasteiger partial charge in [0.15, 0.2) is 0 Å². The number of para-hydroxylation sites is 1. The van der Waals surface area contributed by atoms with Crippen molar-refractivity contribution in [1.82, 2.24) is 9.88 Å². The van der Waals surface area contributed by atoms with Crippen LogP contribution in [-0.4, -0.2) is 35.7 Å². The number of pyridine rings is 1. The Morgan fingerprint density at radius 2 is 2.24 bits per heavy atom. The van der Waals surface area contributed by atoms with Gasteiger partial charge in [-0.15, -0.1) is 0 Å². The van der Waals surface area contributed by atoms with E-state index in [0.717, 1.165) is 35.2 Å². The van der Waals surface area contributed by atoms with Crippen LogP contribution in [0.1, 0.15) is 18.9 Å². The molecule has 1 amide bonds. The number of aromatic nitrogens is 1. The minimum atomic E-state index is -0.246. The summed E-state index contributed by atoms with van der Waals surface area (Å²) in [5, 5.41) is 4.44. The van der Waals surface area contributed by atoms with E-state index in [9.17, 15) is 4.79 Å². The van der Waals surface area contributed by atoms with Gasteiger partial charge in [0.25, 0.3) is 0 Å². The number of benzene rings is 1. The predicted molar refractivity (Wildman–Crippen MR) is 82.3 cm³/mol. The second-order valence-electron chi connectivity index (χ2n) is 5.15. The molecule has 1 aromatic carbocycles. The minimum absolute atomic E-state index is 0.246. The number of cyclic esters (lactones) is 1. The lowest BCUT2D eigenvalue weighted by molar-refractivity contribution is 0.157. The number of hydrogen-bond donors (Lipinski definition) is 1. The maximum atomic E-state index is 11.6. The van der Waals surface area contributed by atoms with Crippen LogP contribution in [0, 0.1) is 0 Å². The fraction of sp³-hybridized carbons (Fsp3) is 0.375. The van der Waals surface area contributed by atoms with Gasteiger partial charge in [0.05, 0.1) is 18.6 Å². The van der Waals surface area contributed by atoms with Gasteiger partial charge in [-0.2, -0.15) is 0 Å². The summed E-state index contributed by atoms with van der Waals surface area (Å²) < 4.78 is 4.99. The van der Waals surface area contributed by atoms with Crippen LogP contribution in [0.2, 0.25) is 0 Å².